The highest BCUT2D eigenvalue weighted by atomic mass is 16.5. The molecule has 1 N–H and O–H groups in total. The molecule has 0 aliphatic heterocycles. The van der Waals surface area contributed by atoms with Crippen LogP contribution in [0.5, 0.6) is 0 Å². The van der Waals surface area contributed by atoms with Crippen LogP contribution in [0.4, 0.5) is 0 Å². The number of unbranched alkanes of at least 4 members (excludes halogenated alkanes) is 11. The van der Waals surface area contributed by atoms with Gasteiger partial charge in [0, 0.05) is 0 Å². The molecule has 1 fully saturated rings. The molecule has 1 rings (SSSR count). The van der Waals surface area contributed by atoms with Gasteiger partial charge in [-0.15, -0.1) is 0 Å². The molecule has 0 radical (unpaired) electrons. The fraction of sp³-hybridized carbons (Fsp3) is 0.933. The van der Waals surface area contributed by atoms with Crippen molar-refractivity contribution in [3.63, 3.8) is 0 Å². The van der Waals surface area contributed by atoms with Gasteiger partial charge in [0.05, 0.1) is 11.8 Å². The normalized spacial score (nSPS) is 20.1. The van der Waals surface area contributed by atoms with Crippen LogP contribution < -0.4 is 0 Å². The number of carbonyl (C=O) groups is 2. The smallest absolute Gasteiger partial charge is 0.309 e. The molecule has 0 aromatic rings. The number of hydrogen-bond donors (Lipinski definition) is 1. The van der Waals surface area contributed by atoms with E-state index in [0.717, 1.165) is 32.1 Å². The van der Waals surface area contributed by atoms with Gasteiger partial charge in [-0.2, -0.15) is 0 Å². The fourth-order valence-electron chi connectivity index (χ4n) is 5.59. The Kier molecular flexibility index (Phi) is 18.4. The maximum Gasteiger partial charge on any atom is 0.309 e. The van der Waals surface area contributed by atoms with E-state index >= 15 is 0 Å². The van der Waals surface area contributed by atoms with Crippen LogP contribution in [0.1, 0.15) is 156 Å². The van der Waals surface area contributed by atoms with Gasteiger partial charge in [-0.3, -0.25) is 9.59 Å². The summed E-state index contributed by atoms with van der Waals surface area (Å²) in [7, 11) is 0. The first kappa shape index (κ1) is 31.0. The van der Waals surface area contributed by atoms with Crippen LogP contribution in [-0.2, 0) is 14.3 Å². The Morgan fingerprint density at radius 3 is 1.65 bits per heavy atom. The largest absolute Gasteiger partial charge is 0.481 e. The lowest BCUT2D eigenvalue weighted by Gasteiger charge is -2.31. The quantitative estimate of drug-likeness (QED) is 0.131. The number of esters is 1. The van der Waals surface area contributed by atoms with Crippen LogP contribution in [0, 0.1) is 17.8 Å². The van der Waals surface area contributed by atoms with Crippen molar-refractivity contribution in [3.8, 4) is 0 Å². The van der Waals surface area contributed by atoms with Gasteiger partial charge in [-0.1, -0.05) is 104 Å². The third kappa shape index (κ3) is 13.7. The third-order valence-electron chi connectivity index (χ3n) is 7.88. The van der Waals surface area contributed by atoms with Crippen molar-refractivity contribution in [3.05, 3.63) is 0 Å². The zero-order valence-electron chi connectivity index (χ0n) is 22.8. The number of carbonyl (C=O) groups excluding carboxylic acids is 1. The van der Waals surface area contributed by atoms with Crippen molar-refractivity contribution in [2.45, 2.75) is 162 Å². The maximum absolute atomic E-state index is 13.0. The first-order valence-corrected chi connectivity index (χ1v) is 15.0. The number of ether oxygens (including phenoxy) is 1. The average molecular weight is 481 g/mol. The summed E-state index contributed by atoms with van der Waals surface area (Å²) in [5.74, 6) is -0.700. The highest BCUT2D eigenvalue weighted by molar-refractivity contribution is 5.74. The summed E-state index contributed by atoms with van der Waals surface area (Å²) < 4.78 is 6.23. The minimum Gasteiger partial charge on any atom is -0.481 e. The summed E-state index contributed by atoms with van der Waals surface area (Å²) in [6.07, 6.45) is 23.9. The Hall–Kier alpha value is -1.06. The molecule has 1 aliphatic rings. The Labute approximate surface area is 211 Å². The lowest BCUT2D eigenvalue weighted by Crippen LogP contribution is -2.33. The lowest BCUT2D eigenvalue weighted by molar-refractivity contribution is -0.160. The van der Waals surface area contributed by atoms with Gasteiger partial charge in [0.2, 0.25) is 0 Å². The van der Waals surface area contributed by atoms with Crippen LogP contribution >= 0.6 is 0 Å². The summed E-state index contributed by atoms with van der Waals surface area (Å²) in [4.78, 5) is 24.3. The Bertz CT molecular complexity index is 510. The van der Waals surface area contributed by atoms with E-state index < -0.39 is 5.97 Å². The predicted molar refractivity (Wildman–Crippen MR) is 142 cm³/mol. The summed E-state index contributed by atoms with van der Waals surface area (Å²) in [5, 5.41) is 9.25. The highest BCUT2D eigenvalue weighted by Crippen LogP contribution is 2.32. The van der Waals surface area contributed by atoms with Crippen molar-refractivity contribution >= 4 is 11.9 Å². The SMILES string of the molecule is CCCCCCCCCCCCC(OC(=O)C1CCC(C(=O)O)CC1)C(CCC)CCCCC. The molecule has 0 heterocycles. The van der Waals surface area contributed by atoms with Gasteiger partial charge in [0.25, 0.3) is 0 Å². The van der Waals surface area contributed by atoms with Gasteiger partial charge in [-0.25, -0.2) is 0 Å². The minimum absolute atomic E-state index is 0.0375. The van der Waals surface area contributed by atoms with Crippen LogP contribution in [0.3, 0.4) is 0 Å². The van der Waals surface area contributed by atoms with E-state index in [0.29, 0.717) is 31.6 Å². The van der Waals surface area contributed by atoms with Crippen molar-refractivity contribution in [1.82, 2.24) is 0 Å². The van der Waals surface area contributed by atoms with Gasteiger partial charge in [0.15, 0.2) is 0 Å². The summed E-state index contributed by atoms with van der Waals surface area (Å²) in [6, 6.07) is 0. The summed E-state index contributed by atoms with van der Waals surface area (Å²) in [6.45, 7) is 6.74. The zero-order valence-corrected chi connectivity index (χ0v) is 22.8. The number of hydrogen-bond acceptors (Lipinski definition) is 3. The van der Waals surface area contributed by atoms with Crippen molar-refractivity contribution < 1.29 is 19.4 Å². The van der Waals surface area contributed by atoms with Crippen LogP contribution in [0.2, 0.25) is 0 Å². The second kappa shape index (κ2) is 20.2. The molecule has 4 heteroatoms. The summed E-state index contributed by atoms with van der Waals surface area (Å²) >= 11 is 0. The minimum atomic E-state index is -0.718. The van der Waals surface area contributed by atoms with E-state index in [1.54, 1.807) is 0 Å². The van der Waals surface area contributed by atoms with Crippen LogP contribution in [0.15, 0.2) is 0 Å². The molecule has 2 unspecified atom stereocenters. The first-order valence-electron chi connectivity index (χ1n) is 15.0. The van der Waals surface area contributed by atoms with Crippen molar-refractivity contribution in [1.29, 1.82) is 0 Å². The maximum atomic E-state index is 13.0. The average Bonchev–Trinajstić information content (AvgIpc) is 2.84. The van der Waals surface area contributed by atoms with Gasteiger partial charge in [-0.05, 0) is 57.3 Å². The second-order valence-electron chi connectivity index (χ2n) is 10.9. The number of rotatable bonds is 21. The molecule has 34 heavy (non-hydrogen) atoms. The fourth-order valence-corrected chi connectivity index (χ4v) is 5.59. The molecule has 0 aromatic heterocycles. The van der Waals surface area contributed by atoms with E-state index in [1.165, 1.54) is 77.0 Å². The first-order chi connectivity index (χ1) is 16.5. The topological polar surface area (TPSA) is 63.6 Å². The molecule has 2 atom stereocenters. The predicted octanol–water partition coefficient (Wildman–Crippen LogP) is 9.10. The molecule has 0 bridgehead atoms. The van der Waals surface area contributed by atoms with Crippen LogP contribution in [0.25, 0.3) is 0 Å². The van der Waals surface area contributed by atoms with E-state index in [9.17, 15) is 14.7 Å². The third-order valence-corrected chi connectivity index (χ3v) is 7.88. The van der Waals surface area contributed by atoms with E-state index in [4.69, 9.17) is 4.74 Å². The van der Waals surface area contributed by atoms with E-state index in [2.05, 4.69) is 20.8 Å². The monoisotopic (exact) mass is 480 g/mol. The Morgan fingerprint density at radius 1 is 0.647 bits per heavy atom. The van der Waals surface area contributed by atoms with E-state index in [-0.39, 0.29) is 23.9 Å². The Balaban J connectivity index is 2.50. The second-order valence-corrected chi connectivity index (χ2v) is 10.9. The summed E-state index contributed by atoms with van der Waals surface area (Å²) in [5.41, 5.74) is 0. The number of aliphatic carboxylic acids is 1. The lowest BCUT2D eigenvalue weighted by atomic mass is 9.82. The Morgan fingerprint density at radius 2 is 1.12 bits per heavy atom. The molecular formula is C30H56O4. The molecule has 0 spiro atoms. The van der Waals surface area contributed by atoms with Crippen molar-refractivity contribution in [2.75, 3.05) is 0 Å². The van der Waals surface area contributed by atoms with Gasteiger partial charge < -0.3 is 9.84 Å². The molecule has 0 amide bonds. The number of carboxylic acid groups (broad SMARTS) is 1. The van der Waals surface area contributed by atoms with E-state index in [1.807, 2.05) is 0 Å². The highest BCUT2D eigenvalue weighted by Gasteiger charge is 2.33. The number of carboxylic acids is 1. The molecule has 200 valence electrons. The standard InChI is InChI=1S/C30H56O4/c1-4-7-9-10-11-12-13-14-15-17-20-28(25(18-6-3)19-16-8-5-2)34-30(33)27-23-21-26(22-24-27)29(31)32/h25-28H,4-24H2,1-3H3,(H,31,32). The zero-order chi connectivity index (χ0) is 25.0. The molecule has 4 nitrogen and oxygen atoms in total. The molecule has 0 saturated heterocycles. The van der Waals surface area contributed by atoms with Gasteiger partial charge in [0.1, 0.15) is 6.10 Å². The molecule has 1 saturated carbocycles. The molecular weight excluding hydrogens is 424 g/mol. The molecule has 0 aromatic carbocycles. The van der Waals surface area contributed by atoms with Crippen molar-refractivity contribution in [2.24, 2.45) is 17.8 Å². The molecule has 1 aliphatic carbocycles. The van der Waals surface area contributed by atoms with Gasteiger partial charge >= 0.3 is 11.9 Å². The van der Waals surface area contributed by atoms with Crippen LogP contribution in [-0.4, -0.2) is 23.1 Å².